The Morgan fingerprint density at radius 3 is 2.38 bits per heavy atom. The fourth-order valence-corrected chi connectivity index (χ4v) is 2.83. The quantitative estimate of drug-likeness (QED) is 0.651. The van der Waals surface area contributed by atoms with Crippen LogP contribution in [0.4, 0.5) is 5.82 Å². The van der Waals surface area contributed by atoms with Gasteiger partial charge in [0.1, 0.15) is 5.02 Å². The van der Waals surface area contributed by atoms with Crippen LogP contribution in [-0.4, -0.2) is 25.5 Å². The van der Waals surface area contributed by atoms with Gasteiger partial charge >= 0.3 is 0 Å². The average molecular weight is 413 g/mol. The molecule has 0 bridgehead atoms. The van der Waals surface area contributed by atoms with E-state index in [0.29, 0.717) is 34.0 Å². The van der Waals surface area contributed by atoms with Crippen molar-refractivity contribution < 1.29 is 4.79 Å². The lowest BCUT2D eigenvalue weighted by Gasteiger charge is -2.04. The van der Waals surface area contributed by atoms with E-state index < -0.39 is 0 Å². The van der Waals surface area contributed by atoms with E-state index in [1.54, 1.807) is 21.8 Å². The first kappa shape index (κ1) is 18.8. The Balaban J connectivity index is 1.58. The van der Waals surface area contributed by atoms with Crippen LogP contribution in [0.2, 0.25) is 15.1 Å². The number of nitrogens with zero attached hydrogens (tertiary/aromatic N) is 4. The third-order valence-electron chi connectivity index (χ3n) is 3.69. The average Bonchev–Trinajstić information content (AvgIpc) is 3.10. The number of carbonyl (C=O) groups is 1. The van der Waals surface area contributed by atoms with Crippen molar-refractivity contribution in [2.24, 2.45) is 0 Å². The normalized spacial score (nSPS) is 10.9. The molecule has 9 heteroatoms. The summed E-state index contributed by atoms with van der Waals surface area (Å²) < 4.78 is 3.30. The van der Waals surface area contributed by atoms with Crippen molar-refractivity contribution in [1.82, 2.24) is 19.6 Å². The molecule has 3 rings (SSSR count). The van der Waals surface area contributed by atoms with E-state index in [2.05, 4.69) is 15.5 Å². The van der Waals surface area contributed by atoms with Crippen LogP contribution in [0.15, 0.2) is 36.7 Å². The molecule has 1 aromatic carbocycles. The Kier molecular flexibility index (Phi) is 5.86. The van der Waals surface area contributed by atoms with Crippen LogP contribution in [0.5, 0.6) is 0 Å². The Morgan fingerprint density at radius 1 is 1.04 bits per heavy atom. The predicted octanol–water partition coefficient (Wildman–Crippen LogP) is 4.43. The van der Waals surface area contributed by atoms with Gasteiger partial charge in [0, 0.05) is 30.4 Å². The maximum absolute atomic E-state index is 12.1. The number of aryl methyl sites for hydroxylation is 2. The first-order chi connectivity index (χ1) is 12.4. The molecule has 0 saturated carbocycles. The van der Waals surface area contributed by atoms with E-state index in [0.717, 1.165) is 11.3 Å². The van der Waals surface area contributed by atoms with Gasteiger partial charge in [0.05, 0.1) is 17.3 Å². The molecule has 0 unspecified atom stereocenters. The molecule has 1 amide bonds. The molecule has 6 nitrogen and oxygen atoms in total. The number of amides is 1. The number of hydrogen-bond acceptors (Lipinski definition) is 3. The summed E-state index contributed by atoms with van der Waals surface area (Å²) >= 11 is 18.0. The number of halogens is 3. The number of nitrogens with one attached hydrogen (secondary N) is 1. The number of rotatable bonds is 6. The zero-order valence-electron chi connectivity index (χ0n) is 13.9. The van der Waals surface area contributed by atoms with Crippen molar-refractivity contribution in [2.75, 3.05) is 5.32 Å². The highest BCUT2D eigenvalue weighted by molar-refractivity contribution is 6.33. The molecular weight excluding hydrogens is 397 g/mol. The molecule has 26 heavy (non-hydrogen) atoms. The monoisotopic (exact) mass is 411 g/mol. The van der Waals surface area contributed by atoms with Crippen molar-refractivity contribution in [3.63, 3.8) is 0 Å². The third kappa shape index (κ3) is 4.78. The zero-order valence-corrected chi connectivity index (χ0v) is 16.2. The molecule has 0 aliphatic rings. The topological polar surface area (TPSA) is 64.7 Å². The second-order valence-electron chi connectivity index (χ2n) is 5.77. The lowest BCUT2D eigenvalue weighted by atomic mass is 10.2. The minimum atomic E-state index is -0.201. The Morgan fingerprint density at radius 2 is 1.73 bits per heavy atom. The molecule has 0 fully saturated rings. The summed E-state index contributed by atoms with van der Waals surface area (Å²) in [6.45, 7) is 2.76. The molecule has 0 spiro atoms. The second-order valence-corrected chi connectivity index (χ2v) is 7.02. The first-order valence-corrected chi connectivity index (χ1v) is 9.01. The number of anilines is 1. The van der Waals surface area contributed by atoms with E-state index in [-0.39, 0.29) is 12.3 Å². The van der Waals surface area contributed by atoms with Crippen LogP contribution in [0, 0.1) is 6.92 Å². The summed E-state index contributed by atoms with van der Waals surface area (Å²) in [5.41, 5.74) is 1.76. The van der Waals surface area contributed by atoms with Gasteiger partial charge in [-0.15, -0.1) is 0 Å². The summed E-state index contributed by atoms with van der Waals surface area (Å²) in [5, 5.41) is 12.9. The van der Waals surface area contributed by atoms with Crippen molar-refractivity contribution in [3.05, 3.63) is 63.0 Å². The van der Waals surface area contributed by atoms with E-state index in [9.17, 15) is 4.79 Å². The fraction of sp³-hybridized carbons (Fsp3) is 0.235. The van der Waals surface area contributed by atoms with Gasteiger partial charge in [0.2, 0.25) is 5.91 Å². The molecule has 0 atom stereocenters. The highest BCUT2D eigenvalue weighted by Gasteiger charge is 2.12. The Bertz CT molecular complexity index is 898. The minimum Gasteiger partial charge on any atom is -0.308 e. The van der Waals surface area contributed by atoms with Crippen molar-refractivity contribution in [2.45, 2.75) is 26.4 Å². The molecule has 2 aromatic heterocycles. The van der Waals surface area contributed by atoms with Crippen molar-refractivity contribution in [1.29, 1.82) is 0 Å². The smallest absolute Gasteiger partial charge is 0.227 e. The Hall–Kier alpha value is -2.02. The summed E-state index contributed by atoms with van der Waals surface area (Å²) in [6.07, 6.45) is 3.60. The van der Waals surface area contributed by atoms with Crippen LogP contribution < -0.4 is 5.32 Å². The van der Waals surface area contributed by atoms with Gasteiger partial charge in [-0.25, -0.2) is 0 Å². The second kappa shape index (κ2) is 8.12. The van der Waals surface area contributed by atoms with E-state index in [1.807, 2.05) is 31.2 Å². The molecule has 0 saturated heterocycles. The maximum Gasteiger partial charge on any atom is 0.227 e. The largest absolute Gasteiger partial charge is 0.308 e. The van der Waals surface area contributed by atoms with E-state index in [4.69, 9.17) is 34.8 Å². The summed E-state index contributed by atoms with van der Waals surface area (Å²) in [7, 11) is 0. The maximum atomic E-state index is 12.1. The lowest BCUT2D eigenvalue weighted by Crippen LogP contribution is -2.15. The Labute approximate surface area is 165 Å². The molecule has 3 aromatic rings. The number of aromatic nitrogens is 4. The minimum absolute atomic E-state index is 0.201. The molecule has 0 radical (unpaired) electrons. The van der Waals surface area contributed by atoms with Gasteiger partial charge in [-0.1, -0.05) is 46.9 Å². The van der Waals surface area contributed by atoms with E-state index >= 15 is 0 Å². The molecular formula is C17H16Cl3N5O. The number of carbonyl (C=O) groups excluding carboxylic acids is 1. The van der Waals surface area contributed by atoms with Crippen molar-refractivity contribution >= 4 is 46.5 Å². The number of hydrogen-bond donors (Lipinski definition) is 1. The van der Waals surface area contributed by atoms with Gasteiger partial charge in [-0.2, -0.15) is 10.2 Å². The molecule has 2 heterocycles. The highest BCUT2D eigenvalue weighted by atomic mass is 35.5. The SMILES string of the molecule is Cc1nn(CCC(=O)Nc2nn(Cc3ccc(Cl)cc3)cc2Cl)cc1Cl. The van der Waals surface area contributed by atoms with Gasteiger partial charge in [0.25, 0.3) is 0 Å². The van der Waals surface area contributed by atoms with Crippen LogP contribution in [0.1, 0.15) is 17.7 Å². The van der Waals surface area contributed by atoms with Gasteiger partial charge < -0.3 is 5.32 Å². The summed E-state index contributed by atoms with van der Waals surface area (Å²) in [4.78, 5) is 12.1. The van der Waals surface area contributed by atoms with Gasteiger partial charge in [-0.05, 0) is 24.6 Å². The van der Waals surface area contributed by atoms with Crippen molar-refractivity contribution in [3.8, 4) is 0 Å². The van der Waals surface area contributed by atoms with Gasteiger partial charge in [-0.3, -0.25) is 14.2 Å². The van der Waals surface area contributed by atoms with E-state index in [1.165, 1.54) is 0 Å². The summed E-state index contributed by atoms with van der Waals surface area (Å²) in [6, 6.07) is 7.45. The highest BCUT2D eigenvalue weighted by Crippen LogP contribution is 2.21. The molecule has 0 aliphatic heterocycles. The fourth-order valence-electron chi connectivity index (χ4n) is 2.36. The predicted molar refractivity (Wildman–Crippen MR) is 103 cm³/mol. The van der Waals surface area contributed by atoms with Crippen LogP contribution >= 0.6 is 34.8 Å². The number of benzene rings is 1. The first-order valence-electron chi connectivity index (χ1n) is 7.87. The zero-order chi connectivity index (χ0) is 18.7. The standard InChI is InChI=1S/C17H16Cl3N5O/c1-11-14(19)9-24(22-11)7-6-16(26)21-17-15(20)10-25(23-17)8-12-2-4-13(18)5-3-12/h2-5,9-10H,6-8H2,1H3,(H,21,23,26). The third-order valence-corrected chi connectivity index (χ3v) is 4.59. The van der Waals surface area contributed by atoms with Gasteiger partial charge in [0.15, 0.2) is 5.82 Å². The molecule has 136 valence electrons. The summed E-state index contributed by atoms with van der Waals surface area (Å²) in [5.74, 6) is 0.133. The lowest BCUT2D eigenvalue weighted by molar-refractivity contribution is -0.116. The van der Waals surface area contributed by atoms with Crippen LogP contribution in [-0.2, 0) is 17.9 Å². The van der Waals surface area contributed by atoms with Crippen LogP contribution in [0.25, 0.3) is 0 Å². The molecule has 1 N–H and O–H groups in total. The molecule has 0 aliphatic carbocycles. The van der Waals surface area contributed by atoms with Crippen LogP contribution in [0.3, 0.4) is 0 Å².